The molecule has 3 rings (SSSR count). The molecule has 0 aliphatic heterocycles. The Morgan fingerprint density at radius 3 is 2.52 bits per heavy atom. The average Bonchev–Trinajstić information content (AvgIpc) is 2.54. The molecule has 1 heterocycles. The monoisotopic (exact) mass is 277 g/mol. The van der Waals surface area contributed by atoms with Crippen molar-refractivity contribution in [3.63, 3.8) is 0 Å². The number of nitrogens with zero attached hydrogens (tertiary/aromatic N) is 2. The molecule has 2 N–H and O–H groups in total. The van der Waals surface area contributed by atoms with Gasteiger partial charge >= 0.3 is 0 Å². The topological polar surface area (TPSA) is 42.1 Å². The molecule has 0 spiro atoms. The third-order valence-electron chi connectivity index (χ3n) is 3.69. The number of hydrogen-bond acceptors (Lipinski definition) is 3. The molecular weight excluding hydrogens is 258 g/mol. The van der Waals surface area contributed by atoms with Gasteiger partial charge in [-0.1, -0.05) is 36.4 Å². The van der Waals surface area contributed by atoms with Crippen LogP contribution in [0.15, 0.2) is 60.8 Å². The van der Waals surface area contributed by atoms with Crippen LogP contribution in [0.4, 0.5) is 11.5 Å². The Morgan fingerprint density at radius 1 is 1.00 bits per heavy atom. The normalized spacial score (nSPS) is 10.7. The smallest absolute Gasteiger partial charge is 0.136 e. The van der Waals surface area contributed by atoms with E-state index in [9.17, 15) is 0 Å². The van der Waals surface area contributed by atoms with Gasteiger partial charge in [-0.2, -0.15) is 0 Å². The number of hydrogen-bond donors (Lipinski definition) is 1. The predicted molar refractivity (Wildman–Crippen MR) is 89.3 cm³/mol. The van der Waals surface area contributed by atoms with Crippen LogP contribution < -0.4 is 10.6 Å². The molecule has 0 bridgehead atoms. The van der Waals surface area contributed by atoms with E-state index < -0.39 is 0 Å². The first-order valence-electron chi connectivity index (χ1n) is 7.21. The predicted octanol–water partition coefficient (Wildman–Crippen LogP) is 3.84. The molecule has 0 aliphatic carbocycles. The Bertz CT molecular complexity index is 730. The Morgan fingerprint density at radius 2 is 1.76 bits per heavy atom. The lowest BCUT2D eigenvalue weighted by molar-refractivity contribution is 0.819. The fourth-order valence-electron chi connectivity index (χ4n) is 2.54. The number of benzene rings is 2. The van der Waals surface area contributed by atoms with E-state index in [-0.39, 0.29) is 0 Å². The van der Waals surface area contributed by atoms with Crippen molar-refractivity contribution in [2.24, 2.45) is 0 Å². The molecule has 0 unspecified atom stereocenters. The lowest BCUT2D eigenvalue weighted by atomic mass is 10.1. The highest BCUT2D eigenvalue weighted by atomic mass is 15.2. The number of pyridine rings is 1. The minimum Gasteiger partial charge on any atom is -0.399 e. The summed E-state index contributed by atoms with van der Waals surface area (Å²) in [4.78, 5) is 6.88. The highest BCUT2D eigenvalue weighted by Gasteiger charge is 2.10. The summed E-state index contributed by atoms with van der Waals surface area (Å²) in [6.07, 6.45) is 1.88. The van der Waals surface area contributed by atoms with Crippen LogP contribution in [0.1, 0.15) is 12.5 Å². The van der Waals surface area contributed by atoms with Gasteiger partial charge in [0, 0.05) is 30.4 Å². The molecule has 3 heteroatoms. The summed E-state index contributed by atoms with van der Waals surface area (Å²) in [5.41, 5.74) is 7.78. The molecule has 0 saturated carbocycles. The van der Waals surface area contributed by atoms with Crippen LogP contribution in [0.2, 0.25) is 0 Å². The first-order chi connectivity index (χ1) is 10.3. The van der Waals surface area contributed by atoms with Gasteiger partial charge in [-0.15, -0.1) is 0 Å². The van der Waals surface area contributed by atoms with E-state index in [1.807, 2.05) is 18.3 Å². The van der Waals surface area contributed by atoms with E-state index in [0.717, 1.165) is 24.6 Å². The highest BCUT2D eigenvalue weighted by Crippen LogP contribution is 2.25. The molecule has 3 aromatic rings. The van der Waals surface area contributed by atoms with E-state index in [1.165, 1.54) is 16.3 Å². The summed E-state index contributed by atoms with van der Waals surface area (Å²) in [7, 11) is 0. The summed E-state index contributed by atoms with van der Waals surface area (Å²) in [5, 5.41) is 2.41. The van der Waals surface area contributed by atoms with E-state index >= 15 is 0 Å². The van der Waals surface area contributed by atoms with Gasteiger partial charge in [0.2, 0.25) is 0 Å². The number of rotatable bonds is 4. The lowest BCUT2D eigenvalue weighted by Crippen LogP contribution is -2.23. The molecule has 0 fully saturated rings. The van der Waals surface area contributed by atoms with Gasteiger partial charge < -0.3 is 10.6 Å². The SMILES string of the molecule is CCN(Cc1ccc(N)cc1)c1nccc2ccccc12. The van der Waals surface area contributed by atoms with Crippen molar-refractivity contribution >= 4 is 22.3 Å². The van der Waals surface area contributed by atoms with E-state index in [2.05, 4.69) is 59.3 Å². The van der Waals surface area contributed by atoms with Crippen LogP contribution in [-0.2, 0) is 6.54 Å². The van der Waals surface area contributed by atoms with Crippen LogP contribution in [0.25, 0.3) is 10.8 Å². The largest absolute Gasteiger partial charge is 0.399 e. The lowest BCUT2D eigenvalue weighted by Gasteiger charge is -2.23. The van der Waals surface area contributed by atoms with E-state index in [0.29, 0.717) is 0 Å². The molecule has 0 radical (unpaired) electrons. The van der Waals surface area contributed by atoms with Gasteiger partial charge in [0.1, 0.15) is 5.82 Å². The molecule has 2 aromatic carbocycles. The van der Waals surface area contributed by atoms with E-state index in [4.69, 9.17) is 5.73 Å². The third-order valence-corrected chi connectivity index (χ3v) is 3.69. The number of nitrogen functional groups attached to an aromatic ring is 1. The van der Waals surface area contributed by atoms with Gasteiger partial charge in [0.05, 0.1) is 0 Å². The number of nitrogens with two attached hydrogens (primary N) is 1. The summed E-state index contributed by atoms with van der Waals surface area (Å²) in [5.74, 6) is 1.03. The minimum absolute atomic E-state index is 0.796. The van der Waals surface area contributed by atoms with Crippen molar-refractivity contribution < 1.29 is 0 Å². The fraction of sp³-hybridized carbons (Fsp3) is 0.167. The number of aromatic nitrogens is 1. The fourth-order valence-corrected chi connectivity index (χ4v) is 2.54. The molecule has 0 amide bonds. The van der Waals surface area contributed by atoms with Crippen LogP contribution >= 0.6 is 0 Å². The quantitative estimate of drug-likeness (QED) is 0.737. The average molecular weight is 277 g/mol. The molecule has 1 aromatic heterocycles. The number of anilines is 2. The maximum absolute atomic E-state index is 5.75. The van der Waals surface area contributed by atoms with Crippen LogP contribution in [0.5, 0.6) is 0 Å². The maximum Gasteiger partial charge on any atom is 0.136 e. The standard InChI is InChI=1S/C18H19N3/c1-2-21(13-14-7-9-16(19)10-8-14)18-17-6-4-3-5-15(17)11-12-20-18/h3-12H,2,13,19H2,1H3. The van der Waals surface area contributed by atoms with Crippen molar-refractivity contribution in [1.82, 2.24) is 4.98 Å². The van der Waals surface area contributed by atoms with Crippen molar-refractivity contribution in [3.05, 3.63) is 66.4 Å². The third kappa shape index (κ3) is 2.82. The van der Waals surface area contributed by atoms with Crippen molar-refractivity contribution in [2.45, 2.75) is 13.5 Å². The Balaban J connectivity index is 1.96. The summed E-state index contributed by atoms with van der Waals surface area (Å²) in [6, 6.07) is 18.5. The second kappa shape index (κ2) is 5.83. The van der Waals surface area contributed by atoms with Gasteiger partial charge in [-0.05, 0) is 36.1 Å². The van der Waals surface area contributed by atoms with Gasteiger partial charge in [0.25, 0.3) is 0 Å². The van der Waals surface area contributed by atoms with Crippen LogP contribution in [0.3, 0.4) is 0 Å². The van der Waals surface area contributed by atoms with Gasteiger partial charge in [-0.3, -0.25) is 0 Å². The molecular formula is C18H19N3. The molecule has 106 valence electrons. The van der Waals surface area contributed by atoms with Gasteiger partial charge in [-0.25, -0.2) is 4.98 Å². The summed E-state index contributed by atoms with van der Waals surface area (Å²) in [6.45, 7) is 3.89. The zero-order chi connectivity index (χ0) is 14.7. The maximum atomic E-state index is 5.75. The minimum atomic E-state index is 0.796. The molecule has 0 saturated heterocycles. The highest BCUT2D eigenvalue weighted by molar-refractivity contribution is 5.92. The first-order valence-corrected chi connectivity index (χ1v) is 7.21. The zero-order valence-electron chi connectivity index (χ0n) is 12.2. The Hall–Kier alpha value is -2.55. The van der Waals surface area contributed by atoms with Crippen molar-refractivity contribution in [2.75, 3.05) is 17.2 Å². The number of fused-ring (bicyclic) bond motifs is 1. The van der Waals surface area contributed by atoms with Crippen molar-refractivity contribution in [1.29, 1.82) is 0 Å². The van der Waals surface area contributed by atoms with Crippen molar-refractivity contribution in [3.8, 4) is 0 Å². The van der Waals surface area contributed by atoms with Crippen LogP contribution in [0, 0.1) is 0 Å². The Kier molecular flexibility index (Phi) is 3.73. The van der Waals surface area contributed by atoms with Gasteiger partial charge in [0.15, 0.2) is 0 Å². The zero-order valence-corrected chi connectivity index (χ0v) is 12.2. The summed E-state index contributed by atoms with van der Waals surface area (Å²) < 4.78 is 0. The molecule has 21 heavy (non-hydrogen) atoms. The second-order valence-electron chi connectivity index (χ2n) is 5.11. The first kappa shape index (κ1) is 13.4. The van der Waals surface area contributed by atoms with Crippen LogP contribution in [-0.4, -0.2) is 11.5 Å². The second-order valence-corrected chi connectivity index (χ2v) is 5.11. The molecule has 0 aliphatic rings. The summed E-state index contributed by atoms with van der Waals surface area (Å²) >= 11 is 0. The van der Waals surface area contributed by atoms with E-state index in [1.54, 1.807) is 0 Å². The molecule has 3 nitrogen and oxygen atoms in total. The Labute approximate surface area is 125 Å². The molecule has 0 atom stereocenters.